The van der Waals surface area contributed by atoms with Crippen LogP contribution in [0.15, 0.2) is 0 Å². The Balaban J connectivity index is -0.000000538. The Morgan fingerprint density at radius 3 is 1.76 bits per heavy atom. The summed E-state index contributed by atoms with van der Waals surface area (Å²) in [6, 6.07) is -0.720. The summed E-state index contributed by atoms with van der Waals surface area (Å²) in [4.78, 5) is 36.8. The Hall–Kier alpha value is -0.430. The molecular weight excluding hydrogens is 281 g/mol. The average Bonchev–Trinajstić information content (AvgIpc) is 2.28. The van der Waals surface area contributed by atoms with E-state index in [9.17, 15) is 14.4 Å². The first-order valence-electron chi connectivity index (χ1n) is 7.00. The number of hydrogen-bond acceptors (Lipinski definition) is 4. The van der Waals surface area contributed by atoms with Crippen LogP contribution >= 0.6 is 0 Å². The molecule has 1 aliphatic heterocycles. The van der Waals surface area contributed by atoms with Crippen LogP contribution in [-0.2, 0) is 9.59 Å². The minimum absolute atomic E-state index is 0. The molecule has 0 aromatic rings. The Bertz CT molecular complexity index is 356. The van der Waals surface area contributed by atoms with E-state index in [2.05, 4.69) is 10.6 Å². The fourth-order valence-electron chi connectivity index (χ4n) is 2.36. The largest absolute Gasteiger partial charge is 1.00 e. The van der Waals surface area contributed by atoms with Crippen molar-refractivity contribution in [3.8, 4) is 0 Å². The normalized spacial score (nSPS) is 18.0. The molecule has 1 fully saturated rings. The molecule has 0 aromatic heterocycles. The van der Waals surface area contributed by atoms with Gasteiger partial charge in [0.1, 0.15) is 5.41 Å². The molecule has 0 spiro atoms. The van der Waals surface area contributed by atoms with E-state index in [0.29, 0.717) is 6.42 Å². The molecule has 1 heterocycles. The third kappa shape index (κ3) is 6.06. The van der Waals surface area contributed by atoms with Gasteiger partial charge >= 0.3 is 35.6 Å². The molecule has 4 amide bonds. The quantitative estimate of drug-likeness (QED) is 0.488. The smallest absolute Gasteiger partial charge is 1.00 e. The number of carbonyl (C=O) groups excluding carboxylic acids is 3. The maximum atomic E-state index is 11.9. The average molecular weight is 309 g/mol. The predicted molar refractivity (Wildman–Crippen MR) is 79.2 cm³/mol. The first-order valence-corrected chi connectivity index (χ1v) is 7.00. The van der Waals surface area contributed by atoms with Crippen molar-refractivity contribution in [2.45, 2.75) is 40.0 Å². The van der Waals surface area contributed by atoms with E-state index in [0.717, 1.165) is 12.8 Å². The predicted octanol–water partition coefficient (Wildman–Crippen LogP) is -1.52. The molecule has 0 saturated carbocycles. The monoisotopic (exact) mass is 309 g/mol. The summed E-state index contributed by atoms with van der Waals surface area (Å²) in [5, 5.41) is 4.36. The second-order valence-electron chi connectivity index (χ2n) is 5.59. The van der Waals surface area contributed by atoms with Gasteiger partial charge in [0, 0.05) is 0 Å². The van der Waals surface area contributed by atoms with Crippen LogP contribution < -0.4 is 40.2 Å². The molecule has 1 atom stereocenters. The van der Waals surface area contributed by atoms with E-state index < -0.39 is 23.3 Å². The van der Waals surface area contributed by atoms with Crippen LogP contribution in [0.3, 0.4) is 0 Å². The molecule has 0 aliphatic carbocycles. The second kappa shape index (κ2) is 10.3. The SMILES string of the molecule is CCCC(C)C1(CC)C(=O)NC(=O)NC1=O.CN(C)C.[H-].[Na+]. The van der Waals surface area contributed by atoms with Crippen molar-refractivity contribution >= 4 is 17.8 Å². The van der Waals surface area contributed by atoms with Crippen LogP contribution in [0.1, 0.15) is 41.5 Å². The molecule has 118 valence electrons. The summed E-state index contributed by atoms with van der Waals surface area (Å²) in [7, 11) is 6.00. The zero-order valence-electron chi connectivity index (χ0n) is 15.4. The van der Waals surface area contributed by atoms with Gasteiger partial charge in [-0.1, -0.05) is 27.2 Å². The van der Waals surface area contributed by atoms with Gasteiger partial charge in [-0.15, -0.1) is 0 Å². The van der Waals surface area contributed by atoms with Gasteiger partial charge in [-0.3, -0.25) is 20.2 Å². The summed E-state index contributed by atoms with van der Waals surface area (Å²) >= 11 is 0. The maximum absolute atomic E-state index is 11.9. The van der Waals surface area contributed by atoms with Gasteiger partial charge in [0.05, 0.1) is 0 Å². The van der Waals surface area contributed by atoms with Gasteiger partial charge in [-0.05, 0) is 39.9 Å². The number of imide groups is 2. The standard InChI is InChI=1S/C11H18N2O3.C3H9N.Na.H/c1-4-6-7(3)11(5-2)8(14)12-10(16)13-9(11)15;1-4(2)3;;/h7H,4-6H2,1-3H3,(H2,12,13,14,15,16);1-3H3;;/q;;+1;-1. The zero-order chi connectivity index (χ0) is 15.9. The van der Waals surface area contributed by atoms with E-state index in [-0.39, 0.29) is 36.9 Å². The van der Waals surface area contributed by atoms with Crippen LogP contribution in [0.2, 0.25) is 0 Å². The first kappa shape index (κ1) is 22.8. The third-order valence-electron chi connectivity index (χ3n) is 3.39. The number of barbiturate groups is 1. The third-order valence-corrected chi connectivity index (χ3v) is 3.39. The fourth-order valence-corrected chi connectivity index (χ4v) is 2.36. The van der Waals surface area contributed by atoms with Gasteiger partial charge in [-0.2, -0.15) is 0 Å². The molecule has 21 heavy (non-hydrogen) atoms. The van der Waals surface area contributed by atoms with E-state index in [1.54, 1.807) is 6.92 Å². The number of amides is 4. The molecule has 1 saturated heterocycles. The van der Waals surface area contributed by atoms with E-state index in [1.165, 1.54) is 0 Å². The Labute approximate surface area is 151 Å². The van der Waals surface area contributed by atoms with Crippen molar-refractivity contribution in [1.82, 2.24) is 15.5 Å². The van der Waals surface area contributed by atoms with Gasteiger partial charge < -0.3 is 6.33 Å². The zero-order valence-corrected chi connectivity index (χ0v) is 16.4. The van der Waals surface area contributed by atoms with Crippen LogP contribution in [-0.4, -0.2) is 43.9 Å². The number of urea groups is 1. The molecular formula is C14H28N3NaO3. The Morgan fingerprint density at radius 1 is 1.10 bits per heavy atom. The van der Waals surface area contributed by atoms with Crippen molar-refractivity contribution in [1.29, 1.82) is 0 Å². The van der Waals surface area contributed by atoms with Crippen LogP contribution in [0.4, 0.5) is 4.79 Å². The summed E-state index contributed by atoms with van der Waals surface area (Å²) in [6.45, 7) is 5.67. The molecule has 6 nitrogen and oxygen atoms in total. The summed E-state index contributed by atoms with van der Waals surface area (Å²) in [5.74, 6) is -1.01. The number of nitrogens with one attached hydrogen (secondary N) is 2. The molecule has 1 aliphatic rings. The van der Waals surface area contributed by atoms with Gasteiger partial charge in [0.15, 0.2) is 0 Å². The molecule has 0 radical (unpaired) electrons. The number of carbonyl (C=O) groups is 3. The summed E-state index contributed by atoms with van der Waals surface area (Å²) in [5.41, 5.74) is -1.09. The van der Waals surface area contributed by atoms with Crippen molar-refractivity contribution in [3.63, 3.8) is 0 Å². The first-order chi connectivity index (χ1) is 9.22. The molecule has 1 rings (SSSR count). The van der Waals surface area contributed by atoms with Gasteiger partial charge in [-0.25, -0.2) is 4.79 Å². The fraction of sp³-hybridized carbons (Fsp3) is 0.786. The summed E-state index contributed by atoms with van der Waals surface area (Å²) in [6.07, 6.45) is 2.08. The van der Waals surface area contributed by atoms with E-state index >= 15 is 0 Å². The maximum Gasteiger partial charge on any atom is 1.00 e. The number of nitrogens with zero attached hydrogens (tertiary/aromatic N) is 1. The molecule has 0 aromatic carbocycles. The summed E-state index contributed by atoms with van der Waals surface area (Å²) < 4.78 is 0. The minimum Gasteiger partial charge on any atom is -1.00 e. The van der Waals surface area contributed by atoms with Crippen LogP contribution in [0.25, 0.3) is 0 Å². The molecule has 1 unspecified atom stereocenters. The van der Waals surface area contributed by atoms with Crippen LogP contribution in [0, 0.1) is 11.3 Å². The van der Waals surface area contributed by atoms with Crippen molar-refractivity contribution < 1.29 is 45.4 Å². The molecule has 7 heteroatoms. The molecule has 0 bridgehead atoms. The Kier molecular flexibility index (Phi) is 11.2. The van der Waals surface area contributed by atoms with E-state index in [1.807, 2.05) is 39.9 Å². The minimum atomic E-state index is -1.09. The Morgan fingerprint density at radius 2 is 1.48 bits per heavy atom. The van der Waals surface area contributed by atoms with Crippen molar-refractivity contribution in [3.05, 3.63) is 0 Å². The number of hydrogen-bond donors (Lipinski definition) is 2. The van der Waals surface area contributed by atoms with E-state index in [4.69, 9.17) is 0 Å². The second-order valence-corrected chi connectivity index (χ2v) is 5.59. The topological polar surface area (TPSA) is 78.5 Å². The van der Waals surface area contributed by atoms with Crippen molar-refractivity contribution in [2.75, 3.05) is 21.1 Å². The van der Waals surface area contributed by atoms with Gasteiger partial charge in [0.2, 0.25) is 11.8 Å². The molecule has 2 N–H and O–H groups in total. The number of rotatable bonds is 4. The van der Waals surface area contributed by atoms with Crippen LogP contribution in [0.5, 0.6) is 0 Å². The van der Waals surface area contributed by atoms with Gasteiger partial charge in [0.25, 0.3) is 0 Å². The van der Waals surface area contributed by atoms with Crippen molar-refractivity contribution in [2.24, 2.45) is 11.3 Å².